The average Bonchev–Trinajstić information content (AvgIpc) is 2.45. The minimum absolute atomic E-state index is 0.102. The molecule has 0 radical (unpaired) electrons. The van der Waals surface area contributed by atoms with Crippen molar-refractivity contribution in [3.05, 3.63) is 12.4 Å². The Morgan fingerprint density at radius 2 is 1.36 bits per heavy atom. The molecular formula is C15H27N7. The van der Waals surface area contributed by atoms with Crippen LogP contribution >= 0.6 is 0 Å². The zero-order valence-electron chi connectivity index (χ0n) is 13.2. The van der Waals surface area contributed by atoms with Gasteiger partial charge in [-0.3, -0.25) is 0 Å². The van der Waals surface area contributed by atoms with Crippen LogP contribution in [0.15, 0.2) is 12.4 Å². The summed E-state index contributed by atoms with van der Waals surface area (Å²) in [6.45, 7) is 5.65. The van der Waals surface area contributed by atoms with Crippen molar-refractivity contribution in [2.45, 2.75) is 37.9 Å². The first-order valence-corrected chi connectivity index (χ1v) is 8.10. The summed E-state index contributed by atoms with van der Waals surface area (Å²) in [6, 6.07) is 2.45. The zero-order valence-corrected chi connectivity index (χ0v) is 13.2. The van der Waals surface area contributed by atoms with Gasteiger partial charge < -0.3 is 27.0 Å². The van der Waals surface area contributed by atoms with Crippen LogP contribution in [0.3, 0.4) is 0 Å². The molecule has 6 N–H and O–H groups in total. The Hall–Kier alpha value is -1.44. The van der Waals surface area contributed by atoms with E-state index in [1.54, 1.807) is 6.33 Å². The van der Waals surface area contributed by atoms with Gasteiger partial charge >= 0.3 is 0 Å². The van der Waals surface area contributed by atoms with Crippen LogP contribution in [0.1, 0.15) is 19.8 Å². The van der Waals surface area contributed by atoms with Gasteiger partial charge in [0.1, 0.15) is 18.0 Å². The number of hydrogen-bond donors (Lipinski definition) is 3. The summed E-state index contributed by atoms with van der Waals surface area (Å²) in [5.41, 5.74) is 18.3. The summed E-state index contributed by atoms with van der Waals surface area (Å²) >= 11 is 0. The van der Waals surface area contributed by atoms with Crippen LogP contribution in [0.5, 0.6) is 0 Å². The van der Waals surface area contributed by atoms with E-state index in [1.807, 2.05) is 6.07 Å². The molecule has 0 unspecified atom stereocenters. The largest absolute Gasteiger partial charge is 0.355 e. The topological polar surface area (TPSA) is 110 Å². The highest BCUT2D eigenvalue weighted by Gasteiger charge is 2.26. The summed E-state index contributed by atoms with van der Waals surface area (Å²) < 4.78 is 0. The first kappa shape index (κ1) is 15.5. The number of hydrogen-bond acceptors (Lipinski definition) is 7. The molecule has 0 saturated carbocycles. The molecule has 4 atom stereocenters. The molecule has 2 aliphatic heterocycles. The fourth-order valence-electron chi connectivity index (χ4n) is 3.64. The lowest BCUT2D eigenvalue weighted by Crippen LogP contribution is -2.52. The fraction of sp³-hybridized carbons (Fsp3) is 0.733. The Morgan fingerprint density at radius 1 is 0.864 bits per heavy atom. The van der Waals surface area contributed by atoms with E-state index >= 15 is 0 Å². The summed E-state index contributed by atoms with van der Waals surface area (Å²) in [7, 11) is 0. The van der Waals surface area contributed by atoms with Crippen LogP contribution in [-0.2, 0) is 0 Å². The Labute approximate surface area is 131 Å². The molecular weight excluding hydrogens is 278 g/mol. The van der Waals surface area contributed by atoms with Crippen molar-refractivity contribution in [2.75, 3.05) is 36.0 Å². The van der Waals surface area contributed by atoms with Crippen LogP contribution in [0, 0.1) is 5.92 Å². The maximum atomic E-state index is 6.14. The van der Waals surface area contributed by atoms with Gasteiger partial charge in [0.05, 0.1) is 0 Å². The van der Waals surface area contributed by atoms with Crippen LogP contribution in [-0.4, -0.2) is 54.3 Å². The highest BCUT2D eigenvalue weighted by atomic mass is 15.3. The Balaban J connectivity index is 1.77. The first-order chi connectivity index (χ1) is 10.5. The third kappa shape index (κ3) is 3.48. The van der Waals surface area contributed by atoms with Crippen molar-refractivity contribution in [1.82, 2.24) is 9.97 Å². The van der Waals surface area contributed by atoms with Gasteiger partial charge in [-0.2, -0.15) is 0 Å². The van der Waals surface area contributed by atoms with E-state index in [1.165, 1.54) is 0 Å². The number of anilines is 2. The molecule has 0 amide bonds. The molecule has 0 aromatic carbocycles. The van der Waals surface area contributed by atoms with E-state index in [2.05, 4.69) is 26.7 Å². The first-order valence-electron chi connectivity index (χ1n) is 8.10. The fourth-order valence-corrected chi connectivity index (χ4v) is 3.64. The van der Waals surface area contributed by atoms with Crippen molar-refractivity contribution >= 4 is 11.6 Å². The molecule has 2 saturated heterocycles. The van der Waals surface area contributed by atoms with E-state index in [0.717, 1.165) is 50.7 Å². The molecule has 3 heterocycles. The van der Waals surface area contributed by atoms with E-state index < -0.39 is 0 Å². The Kier molecular flexibility index (Phi) is 4.46. The Morgan fingerprint density at radius 3 is 1.91 bits per heavy atom. The van der Waals surface area contributed by atoms with Gasteiger partial charge in [-0.25, -0.2) is 9.97 Å². The molecule has 3 rings (SSSR count). The highest BCUT2D eigenvalue weighted by molar-refractivity contribution is 5.51. The SMILES string of the molecule is C[C@H]1C[C@@H](N)CN(c2cc(N3C[C@H](N)C[C@H](N)C3)ncn2)C1. The lowest BCUT2D eigenvalue weighted by Gasteiger charge is -2.37. The molecule has 7 nitrogen and oxygen atoms in total. The molecule has 22 heavy (non-hydrogen) atoms. The Bertz CT molecular complexity index is 447. The third-order valence-corrected chi connectivity index (χ3v) is 4.49. The van der Waals surface area contributed by atoms with Crippen LogP contribution in [0.2, 0.25) is 0 Å². The molecule has 0 aliphatic carbocycles. The number of piperidine rings is 2. The van der Waals surface area contributed by atoms with Gasteiger partial charge in [0.25, 0.3) is 0 Å². The molecule has 122 valence electrons. The van der Waals surface area contributed by atoms with Gasteiger partial charge in [-0.1, -0.05) is 6.92 Å². The van der Waals surface area contributed by atoms with Crippen LogP contribution < -0.4 is 27.0 Å². The second kappa shape index (κ2) is 6.36. The molecule has 7 heteroatoms. The number of rotatable bonds is 2. The van der Waals surface area contributed by atoms with Gasteiger partial charge in [0.15, 0.2) is 0 Å². The third-order valence-electron chi connectivity index (χ3n) is 4.49. The maximum Gasteiger partial charge on any atom is 0.134 e. The van der Waals surface area contributed by atoms with Gasteiger partial charge in [-0.05, 0) is 18.8 Å². The second-order valence-electron chi connectivity index (χ2n) is 6.90. The van der Waals surface area contributed by atoms with E-state index in [4.69, 9.17) is 17.2 Å². The monoisotopic (exact) mass is 305 g/mol. The number of nitrogens with zero attached hydrogens (tertiary/aromatic N) is 4. The van der Waals surface area contributed by atoms with Gasteiger partial charge in [0.2, 0.25) is 0 Å². The molecule has 0 spiro atoms. The van der Waals surface area contributed by atoms with Crippen molar-refractivity contribution in [2.24, 2.45) is 23.1 Å². The summed E-state index contributed by atoms with van der Waals surface area (Å²) in [6.07, 6.45) is 3.57. The minimum atomic E-state index is 0.102. The summed E-state index contributed by atoms with van der Waals surface area (Å²) in [5, 5.41) is 0. The van der Waals surface area contributed by atoms with Crippen molar-refractivity contribution in [3.63, 3.8) is 0 Å². The predicted molar refractivity (Wildman–Crippen MR) is 88.8 cm³/mol. The van der Waals surface area contributed by atoms with Crippen molar-refractivity contribution < 1.29 is 0 Å². The smallest absolute Gasteiger partial charge is 0.134 e. The summed E-state index contributed by atoms with van der Waals surface area (Å²) in [5.74, 6) is 2.43. The molecule has 1 aromatic rings. The van der Waals surface area contributed by atoms with E-state index in [9.17, 15) is 0 Å². The normalized spacial score (nSPS) is 33.1. The lowest BCUT2D eigenvalue weighted by atomic mass is 9.96. The van der Waals surface area contributed by atoms with Crippen LogP contribution in [0.4, 0.5) is 11.6 Å². The second-order valence-corrected chi connectivity index (χ2v) is 6.90. The van der Waals surface area contributed by atoms with Crippen molar-refractivity contribution in [1.29, 1.82) is 0 Å². The summed E-state index contributed by atoms with van der Waals surface area (Å²) in [4.78, 5) is 13.3. The maximum absolute atomic E-state index is 6.14. The van der Waals surface area contributed by atoms with Crippen LogP contribution in [0.25, 0.3) is 0 Å². The molecule has 2 aliphatic rings. The quantitative estimate of drug-likeness (QED) is 0.676. The lowest BCUT2D eigenvalue weighted by molar-refractivity contribution is 0.399. The van der Waals surface area contributed by atoms with Crippen molar-refractivity contribution in [3.8, 4) is 0 Å². The highest BCUT2D eigenvalue weighted by Crippen LogP contribution is 2.24. The van der Waals surface area contributed by atoms with Gasteiger partial charge in [-0.15, -0.1) is 0 Å². The number of nitrogens with two attached hydrogens (primary N) is 3. The van der Waals surface area contributed by atoms with E-state index in [-0.39, 0.29) is 18.1 Å². The standard InChI is InChI=1S/C15H27N7/c1-10-2-11(16)6-21(5-10)14-4-15(20-9-19-14)22-7-12(17)3-13(18)8-22/h4,9-13H,2-3,5-8,16-18H2,1H3/t10-,11+,12-,13+/m0/s1. The average molecular weight is 305 g/mol. The number of aromatic nitrogens is 2. The predicted octanol–water partition coefficient (Wildman–Crippen LogP) is -0.485. The zero-order chi connectivity index (χ0) is 15.7. The minimum Gasteiger partial charge on any atom is -0.355 e. The molecule has 1 aromatic heterocycles. The van der Waals surface area contributed by atoms with E-state index in [0.29, 0.717) is 5.92 Å². The molecule has 2 fully saturated rings. The van der Waals surface area contributed by atoms with Gasteiger partial charge in [0, 0.05) is 50.4 Å². The molecule has 0 bridgehead atoms.